The van der Waals surface area contributed by atoms with Crippen LogP contribution in [-0.4, -0.2) is 85.5 Å². The van der Waals surface area contributed by atoms with Crippen LogP contribution in [0, 0.1) is 5.82 Å². The molecule has 12 nitrogen and oxygen atoms in total. The summed E-state index contributed by atoms with van der Waals surface area (Å²) in [6, 6.07) is 5.31. The Morgan fingerprint density at radius 1 is 1.08 bits per heavy atom. The van der Waals surface area contributed by atoms with Crippen LogP contribution in [0.5, 0.6) is 11.5 Å². The van der Waals surface area contributed by atoms with Gasteiger partial charge in [0, 0.05) is 26.8 Å². The number of nitrogens with zero attached hydrogens (tertiary/aromatic N) is 6. The van der Waals surface area contributed by atoms with Gasteiger partial charge < -0.3 is 23.8 Å². The number of para-hydroxylation sites is 1. The maximum absolute atomic E-state index is 13.9. The van der Waals surface area contributed by atoms with Crippen molar-refractivity contribution in [2.24, 2.45) is 0 Å². The summed E-state index contributed by atoms with van der Waals surface area (Å²) in [5.74, 6) is 0.922. The Morgan fingerprint density at radius 2 is 1.79 bits per heavy atom. The van der Waals surface area contributed by atoms with Gasteiger partial charge in [-0.2, -0.15) is 0 Å². The molecule has 0 unspecified atom stereocenters. The Hall–Kier alpha value is -3.36. The van der Waals surface area contributed by atoms with Crippen molar-refractivity contribution in [3.8, 4) is 17.2 Å². The van der Waals surface area contributed by atoms with E-state index >= 15 is 0 Å². The average Bonchev–Trinajstić information content (AvgIpc) is 3.62. The third-order valence-corrected chi connectivity index (χ3v) is 9.05. The van der Waals surface area contributed by atoms with Crippen LogP contribution in [0.15, 0.2) is 30.6 Å². The summed E-state index contributed by atoms with van der Waals surface area (Å²) >= 11 is 0. The van der Waals surface area contributed by atoms with Gasteiger partial charge in [-0.05, 0) is 31.4 Å². The van der Waals surface area contributed by atoms with E-state index < -0.39 is 26.7 Å². The Labute approximate surface area is 226 Å². The molecule has 0 bridgehead atoms. The van der Waals surface area contributed by atoms with E-state index in [-0.39, 0.29) is 36.9 Å². The van der Waals surface area contributed by atoms with E-state index in [4.69, 9.17) is 18.9 Å². The Morgan fingerprint density at radius 3 is 2.41 bits per heavy atom. The molecule has 0 amide bonds. The van der Waals surface area contributed by atoms with Gasteiger partial charge in [0.15, 0.2) is 27.3 Å². The second-order valence-electron chi connectivity index (χ2n) is 9.45. The number of hydrogen-bond acceptors (Lipinski definition) is 11. The summed E-state index contributed by atoms with van der Waals surface area (Å²) in [6.07, 6.45) is 3.24. The van der Waals surface area contributed by atoms with Crippen molar-refractivity contribution in [1.29, 1.82) is 0 Å². The van der Waals surface area contributed by atoms with Crippen LogP contribution in [0.4, 0.5) is 10.3 Å². The topological polar surface area (TPSA) is 131 Å². The Kier molecular flexibility index (Phi) is 7.96. The molecule has 0 spiro atoms. The number of methoxy groups -OCH3 is 3. The van der Waals surface area contributed by atoms with Gasteiger partial charge in [-0.1, -0.05) is 6.07 Å². The molecule has 39 heavy (non-hydrogen) atoms. The fourth-order valence-electron chi connectivity index (χ4n) is 5.08. The molecule has 2 saturated heterocycles. The van der Waals surface area contributed by atoms with Crippen LogP contribution in [-0.2, 0) is 25.1 Å². The lowest BCUT2D eigenvalue weighted by molar-refractivity contribution is 0.0897. The molecule has 2 fully saturated rings. The first kappa shape index (κ1) is 27.2. The largest absolute Gasteiger partial charge is 0.494 e. The van der Waals surface area contributed by atoms with Crippen molar-refractivity contribution in [2.45, 2.75) is 42.5 Å². The first-order valence-corrected chi connectivity index (χ1v) is 14.3. The van der Waals surface area contributed by atoms with Gasteiger partial charge in [0.2, 0.25) is 5.95 Å². The highest BCUT2D eigenvalue weighted by molar-refractivity contribution is 7.91. The van der Waals surface area contributed by atoms with E-state index in [2.05, 4.69) is 20.2 Å². The SMILES string of the molecule is COc1cccc(OC)c1-n1c(CS(=O)(=O)[C@@H]2C[C@@H](OC)CN(c3ncc(F)cn3)C2)nnc1[C@@H]1CCCO1. The zero-order chi connectivity index (χ0) is 27.6. The molecule has 2 aromatic heterocycles. The molecular weight excluding hydrogens is 531 g/mol. The lowest BCUT2D eigenvalue weighted by Crippen LogP contribution is -2.50. The maximum atomic E-state index is 13.9. The van der Waals surface area contributed by atoms with Gasteiger partial charge in [-0.25, -0.2) is 22.8 Å². The predicted octanol–water partition coefficient (Wildman–Crippen LogP) is 2.27. The number of piperidine rings is 1. The molecule has 4 heterocycles. The molecule has 14 heteroatoms. The van der Waals surface area contributed by atoms with Gasteiger partial charge in [-0.3, -0.25) is 4.57 Å². The fraction of sp³-hybridized carbons (Fsp3) is 0.520. The van der Waals surface area contributed by atoms with E-state index in [0.29, 0.717) is 36.2 Å². The number of aromatic nitrogens is 5. The zero-order valence-corrected chi connectivity index (χ0v) is 22.8. The summed E-state index contributed by atoms with van der Waals surface area (Å²) in [4.78, 5) is 9.76. The van der Waals surface area contributed by atoms with Crippen LogP contribution in [0.1, 0.15) is 37.0 Å². The third-order valence-electron chi connectivity index (χ3n) is 7.03. The van der Waals surface area contributed by atoms with Crippen LogP contribution in [0.25, 0.3) is 5.69 Å². The van der Waals surface area contributed by atoms with E-state index in [1.54, 1.807) is 27.7 Å². The van der Waals surface area contributed by atoms with E-state index in [9.17, 15) is 12.8 Å². The van der Waals surface area contributed by atoms with E-state index in [0.717, 1.165) is 25.2 Å². The summed E-state index contributed by atoms with van der Waals surface area (Å²) in [5.41, 5.74) is 0.503. The molecule has 2 aliphatic rings. The maximum Gasteiger partial charge on any atom is 0.225 e. The molecule has 0 radical (unpaired) electrons. The molecule has 5 rings (SSSR count). The fourth-order valence-corrected chi connectivity index (χ4v) is 6.78. The van der Waals surface area contributed by atoms with Crippen molar-refractivity contribution < 1.29 is 31.8 Å². The lowest BCUT2D eigenvalue weighted by atomic mass is 10.1. The molecule has 3 aromatic rings. The molecule has 2 aliphatic heterocycles. The van der Waals surface area contributed by atoms with Gasteiger partial charge in [-0.15, -0.1) is 10.2 Å². The minimum absolute atomic E-state index is 0.124. The summed E-state index contributed by atoms with van der Waals surface area (Å²) in [7, 11) is 0.787. The van der Waals surface area contributed by atoms with Crippen molar-refractivity contribution in [3.05, 3.63) is 48.1 Å². The molecule has 3 atom stereocenters. The lowest BCUT2D eigenvalue weighted by Gasteiger charge is -2.36. The van der Waals surface area contributed by atoms with Crippen molar-refractivity contribution in [2.75, 3.05) is 45.9 Å². The first-order chi connectivity index (χ1) is 18.8. The highest BCUT2D eigenvalue weighted by Crippen LogP contribution is 2.38. The second kappa shape index (κ2) is 11.4. The van der Waals surface area contributed by atoms with Crippen LogP contribution in [0.3, 0.4) is 0 Å². The number of rotatable bonds is 9. The van der Waals surface area contributed by atoms with Gasteiger partial charge in [0.25, 0.3) is 0 Å². The molecule has 210 valence electrons. The molecular formula is C25H31FN6O6S. The number of ether oxygens (including phenoxy) is 4. The van der Waals surface area contributed by atoms with E-state index in [1.807, 2.05) is 0 Å². The standard InChI is InChI=1S/C25H31FN6O6S/c1-35-17-10-18(14-31(13-17)25-27-11-16(26)12-28-25)39(33,34)15-22-29-30-24(21-8-5-9-38-21)32(22)23-19(36-2)6-4-7-20(23)37-3/h4,6-7,11-12,17-18,21H,5,8-10,13-15H2,1-3H3/t17-,18-,21+/m1/s1. The second-order valence-corrected chi connectivity index (χ2v) is 11.7. The third kappa shape index (κ3) is 5.54. The Balaban J connectivity index is 1.52. The number of sulfone groups is 1. The van der Waals surface area contributed by atoms with Crippen molar-refractivity contribution >= 4 is 15.8 Å². The predicted molar refractivity (Wildman–Crippen MR) is 138 cm³/mol. The summed E-state index contributed by atoms with van der Waals surface area (Å²) < 4.78 is 65.6. The van der Waals surface area contributed by atoms with Gasteiger partial charge >= 0.3 is 0 Å². The van der Waals surface area contributed by atoms with E-state index in [1.165, 1.54) is 21.3 Å². The number of halogens is 1. The highest BCUT2D eigenvalue weighted by atomic mass is 32.2. The monoisotopic (exact) mass is 562 g/mol. The van der Waals surface area contributed by atoms with Crippen LogP contribution in [0.2, 0.25) is 0 Å². The van der Waals surface area contributed by atoms with Gasteiger partial charge in [0.1, 0.15) is 29.0 Å². The summed E-state index contributed by atoms with van der Waals surface area (Å²) in [5, 5.41) is 7.89. The molecule has 0 saturated carbocycles. The smallest absolute Gasteiger partial charge is 0.225 e. The average molecular weight is 563 g/mol. The van der Waals surface area contributed by atoms with Crippen LogP contribution >= 0.6 is 0 Å². The number of hydrogen-bond donors (Lipinski definition) is 0. The van der Waals surface area contributed by atoms with Crippen molar-refractivity contribution in [1.82, 2.24) is 24.7 Å². The zero-order valence-electron chi connectivity index (χ0n) is 22.0. The normalized spacial score (nSPS) is 21.7. The first-order valence-electron chi connectivity index (χ1n) is 12.6. The van der Waals surface area contributed by atoms with Crippen molar-refractivity contribution in [3.63, 3.8) is 0 Å². The minimum Gasteiger partial charge on any atom is -0.494 e. The molecule has 1 aromatic carbocycles. The number of benzene rings is 1. The minimum atomic E-state index is -3.81. The summed E-state index contributed by atoms with van der Waals surface area (Å²) in [6.45, 7) is 1.08. The molecule has 0 aliphatic carbocycles. The number of anilines is 1. The van der Waals surface area contributed by atoms with Crippen LogP contribution < -0.4 is 14.4 Å². The Bertz CT molecular complexity index is 1370. The molecule has 0 N–H and O–H groups in total. The highest BCUT2D eigenvalue weighted by Gasteiger charge is 2.39. The van der Waals surface area contributed by atoms with Gasteiger partial charge in [0.05, 0.1) is 38.0 Å². The quantitative estimate of drug-likeness (QED) is 0.381.